The Morgan fingerprint density at radius 3 is 2.57 bits per heavy atom. The first-order valence-corrected chi connectivity index (χ1v) is 9.70. The fourth-order valence-electron chi connectivity index (χ4n) is 3.47. The third-order valence-electron chi connectivity index (χ3n) is 4.39. The normalized spacial score (nSPS) is 27.5. The number of hydrogen-bond acceptors (Lipinski definition) is 4. The molecule has 126 valence electrons. The predicted molar refractivity (Wildman–Crippen MR) is 86.7 cm³/mol. The van der Waals surface area contributed by atoms with E-state index < -0.39 is 15.6 Å². The van der Waals surface area contributed by atoms with Crippen molar-refractivity contribution in [2.45, 2.75) is 65.0 Å². The lowest BCUT2D eigenvalue weighted by Crippen LogP contribution is -2.58. The molecule has 1 fully saturated rings. The fraction of sp³-hybridized carbons (Fsp3) is 1.00. The van der Waals surface area contributed by atoms with Crippen LogP contribution in [0.3, 0.4) is 0 Å². The Balaban J connectivity index is 2.87. The van der Waals surface area contributed by atoms with E-state index in [1.807, 2.05) is 20.8 Å². The van der Waals surface area contributed by atoms with Crippen molar-refractivity contribution in [3.63, 3.8) is 0 Å². The molecule has 0 aromatic carbocycles. The van der Waals surface area contributed by atoms with E-state index in [2.05, 4.69) is 6.92 Å². The highest BCUT2D eigenvalue weighted by molar-refractivity contribution is 7.89. The minimum atomic E-state index is -3.33. The van der Waals surface area contributed by atoms with Gasteiger partial charge in [-0.25, -0.2) is 8.42 Å². The van der Waals surface area contributed by atoms with Gasteiger partial charge in [-0.2, -0.15) is 4.31 Å². The summed E-state index contributed by atoms with van der Waals surface area (Å²) in [5.74, 6) is 0.563. The Labute approximate surface area is 130 Å². The molecule has 6 heteroatoms. The largest absolute Gasteiger partial charge is 0.378 e. The SMILES string of the molecule is CCN(C1(CN)CCCC(C)C1)S(=O)(=O)CCOC(C)C. The molecule has 0 spiro atoms. The smallest absolute Gasteiger partial charge is 0.216 e. The zero-order chi connectivity index (χ0) is 16.1. The Morgan fingerprint density at radius 1 is 1.43 bits per heavy atom. The van der Waals surface area contributed by atoms with Gasteiger partial charge < -0.3 is 10.5 Å². The van der Waals surface area contributed by atoms with Crippen molar-refractivity contribution in [2.75, 3.05) is 25.4 Å². The second-order valence-corrected chi connectivity index (χ2v) is 8.54. The van der Waals surface area contributed by atoms with E-state index in [-0.39, 0.29) is 18.5 Å². The first-order chi connectivity index (χ1) is 9.77. The zero-order valence-electron chi connectivity index (χ0n) is 14.0. The number of nitrogens with two attached hydrogens (primary N) is 1. The van der Waals surface area contributed by atoms with Crippen LogP contribution in [0.25, 0.3) is 0 Å². The van der Waals surface area contributed by atoms with Crippen LogP contribution in [0.4, 0.5) is 0 Å². The summed E-state index contributed by atoms with van der Waals surface area (Å²) in [7, 11) is -3.33. The summed E-state index contributed by atoms with van der Waals surface area (Å²) < 4.78 is 32.5. The average Bonchev–Trinajstić information content (AvgIpc) is 2.38. The third kappa shape index (κ3) is 4.91. The minimum Gasteiger partial charge on any atom is -0.378 e. The molecular weight excluding hydrogens is 288 g/mol. The number of nitrogens with zero attached hydrogens (tertiary/aromatic N) is 1. The number of hydrogen-bond donors (Lipinski definition) is 1. The molecular formula is C15H32N2O3S. The van der Waals surface area contributed by atoms with Crippen LogP contribution in [0, 0.1) is 5.92 Å². The van der Waals surface area contributed by atoms with E-state index in [1.54, 1.807) is 4.31 Å². The molecule has 2 N–H and O–H groups in total. The molecule has 1 aliphatic carbocycles. The highest BCUT2D eigenvalue weighted by Crippen LogP contribution is 2.37. The fourth-order valence-corrected chi connectivity index (χ4v) is 5.22. The van der Waals surface area contributed by atoms with Crippen molar-refractivity contribution in [3.8, 4) is 0 Å². The first kappa shape index (κ1) is 18.9. The maximum Gasteiger partial charge on any atom is 0.216 e. The maximum absolute atomic E-state index is 12.7. The van der Waals surface area contributed by atoms with Crippen molar-refractivity contribution < 1.29 is 13.2 Å². The van der Waals surface area contributed by atoms with Gasteiger partial charge in [0.05, 0.1) is 18.5 Å². The van der Waals surface area contributed by atoms with Crippen molar-refractivity contribution in [3.05, 3.63) is 0 Å². The molecule has 0 heterocycles. The lowest BCUT2D eigenvalue weighted by Gasteiger charge is -2.46. The highest BCUT2D eigenvalue weighted by Gasteiger charge is 2.43. The van der Waals surface area contributed by atoms with Crippen LogP contribution in [-0.4, -0.2) is 49.8 Å². The summed E-state index contributed by atoms with van der Waals surface area (Å²) in [4.78, 5) is 0. The molecule has 0 amide bonds. The van der Waals surface area contributed by atoms with Crippen molar-refractivity contribution in [2.24, 2.45) is 11.7 Å². The summed E-state index contributed by atoms with van der Waals surface area (Å²) >= 11 is 0. The van der Waals surface area contributed by atoms with Crippen LogP contribution in [-0.2, 0) is 14.8 Å². The number of likely N-dealkylation sites (N-methyl/N-ethyl adjacent to an activating group) is 1. The van der Waals surface area contributed by atoms with Gasteiger partial charge in [0.25, 0.3) is 0 Å². The second-order valence-electron chi connectivity index (χ2n) is 6.53. The monoisotopic (exact) mass is 320 g/mol. The molecule has 5 nitrogen and oxygen atoms in total. The van der Waals surface area contributed by atoms with E-state index in [0.29, 0.717) is 19.0 Å². The molecule has 0 radical (unpaired) electrons. The number of sulfonamides is 1. The van der Waals surface area contributed by atoms with E-state index in [4.69, 9.17) is 10.5 Å². The second kappa shape index (κ2) is 7.90. The van der Waals surface area contributed by atoms with Gasteiger partial charge in [0.2, 0.25) is 10.0 Å². The predicted octanol–water partition coefficient (Wildman–Crippen LogP) is 1.97. The summed E-state index contributed by atoms with van der Waals surface area (Å²) in [6.07, 6.45) is 3.99. The van der Waals surface area contributed by atoms with E-state index in [0.717, 1.165) is 25.7 Å². The lowest BCUT2D eigenvalue weighted by atomic mass is 9.76. The molecule has 21 heavy (non-hydrogen) atoms. The molecule has 1 rings (SSSR count). The van der Waals surface area contributed by atoms with Crippen LogP contribution < -0.4 is 5.73 Å². The molecule has 0 bridgehead atoms. The summed E-state index contributed by atoms with van der Waals surface area (Å²) in [6.45, 7) is 9.03. The third-order valence-corrected chi connectivity index (χ3v) is 6.39. The van der Waals surface area contributed by atoms with E-state index in [1.165, 1.54) is 0 Å². The Bertz CT molecular complexity index is 411. The van der Waals surface area contributed by atoms with Gasteiger partial charge in [0, 0.05) is 18.6 Å². The zero-order valence-corrected chi connectivity index (χ0v) is 14.8. The van der Waals surface area contributed by atoms with Gasteiger partial charge in [-0.15, -0.1) is 0 Å². The summed E-state index contributed by atoms with van der Waals surface area (Å²) in [5.41, 5.74) is 5.61. The van der Waals surface area contributed by atoms with Crippen LogP contribution in [0.1, 0.15) is 53.4 Å². The van der Waals surface area contributed by atoms with E-state index >= 15 is 0 Å². The van der Waals surface area contributed by atoms with Crippen molar-refractivity contribution >= 4 is 10.0 Å². The van der Waals surface area contributed by atoms with Crippen molar-refractivity contribution in [1.29, 1.82) is 0 Å². The molecule has 0 aromatic rings. The summed E-state index contributed by atoms with van der Waals surface area (Å²) in [5, 5.41) is 0. The van der Waals surface area contributed by atoms with Gasteiger partial charge in [0.1, 0.15) is 0 Å². The minimum absolute atomic E-state index is 0.0369. The molecule has 2 unspecified atom stereocenters. The quantitative estimate of drug-likeness (QED) is 0.742. The van der Waals surface area contributed by atoms with E-state index in [9.17, 15) is 8.42 Å². The number of rotatable bonds is 8. The maximum atomic E-state index is 12.7. The van der Waals surface area contributed by atoms with Crippen LogP contribution in [0.5, 0.6) is 0 Å². The average molecular weight is 320 g/mol. The van der Waals surface area contributed by atoms with Crippen LogP contribution >= 0.6 is 0 Å². The molecule has 1 aliphatic rings. The standard InChI is InChI=1S/C15H32N2O3S/c1-5-17(21(18,19)10-9-20-13(2)3)15(12-16)8-6-7-14(4)11-15/h13-14H,5-12,16H2,1-4H3. The molecule has 0 saturated heterocycles. The van der Waals surface area contributed by atoms with Gasteiger partial charge in [-0.3, -0.25) is 0 Å². The topological polar surface area (TPSA) is 72.6 Å². The molecule has 2 atom stereocenters. The lowest BCUT2D eigenvalue weighted by molar-refractivity contribution is 0.0868. The van der Waals surface area contributed by atoms with Crippen LogP contribution in [0.15, 0.2) is 0 Å². The van der Waals surface area contributed by atoms with Gasteiger partial charge in [-0.1, -0.05) is 26.7 Å². The Morgan fingerprint density at radius 2 is 2.10 bits per heavy atom. The van der Waals surface area contributed by atoms with Crippen LogP contribution in [0.2, 0.25) is 0 Å². The highest BCUT2D eigenvalue weighted by atomic mass is 32.2. The molecule has 0 aliphatic heterocycles. The first-order valence-electron chi connectivity index (χ1n) is 8.09. The Kier molecular flexibility index (Phi) is 7.10. The van der Waals surface area contributed by atoms with Crippen molar-refractivity contribution in [1.82, 2.24) is 4.31 Å². The molecule has 1 saturated carbocycles. The van der Waals surface area contributed by atoms with Gasteiger partial charge in [0.15, 0.2) is 0 Å². The van der Waals surface area contributed by atoms with Gasteiger partial charge in [-0.05, 0) is 32.6 Å². The van der Waals surface area contributed by atoms with Gasteiger partial charge >= 0.3 is 0 Å². The number of ether oxygens (including phenoxy) is 1. The Hall–Kier alpha value is -0.170. The molecule has 0 aromatic heterocycles. The summed E-state index contributed by atoms with van der Waals surface area (Å²) in [6, 6.07) is 0.